The molecule has 0 bridgehead atoms. The third-order valence-electron chi connectivity index (χ3n) is 6.20. The summed E-state index contributed by atoms with van der Waals surface area (Å²) in [5.41, 5.74) is 5.68. The summed E-state index contributed by atoms with van der Waals surface area (Å²) in [5.74, 6) is 0.154. The van der Waals surface area contributed by atoms with Crippen LogP contribution < -0.4 is 10.2 Å². The molecule has 1 aliphatic rings. The fourth-order valence-electron chi connectivity index (χ4n) is 4.22. The number of aromatic hydroxyl groups is 1. The number of amidine groups is 1. The fraction of sp³-hybridized carbons (Fsp3) is 0.0645. The van der Waals surface area contributed by atoms with E-state index in [1.807, 2.05) is 62.4 Å². The Hall–Kier alpha value is -4.97. The number of aliphatic imine (C=N–C) groups is 1. The lowest BCUT2D eigenvalue weighted by Crippen LogP contribution is -2.32. The van der Waals surface area contributed by atoms with Gasteiger partial charge >= 0.3 is 0 Å². The minimum absolute atomic E-state index is 0.150. The van der Waals surface area contributed by atoms with Crippen molar-refractivity contribution in [3.63, 3.8) is 0 Å². The van der Waals surface area contributed by atoms with Crippen LogP contribution in [0.1, 0.15) is 32.6 Å². The van der Waals surface area contributed by atoms with Crippen LogP contribution in [-0.2, 0) is 4.79 Å². The number of phenolic OH excluding ortho intramolecular Hbond substituents is 1. The molecule has 182 valence electrons. The highest BCUT2D eigenvalue weighted by molar-refractivity contribution is 6.33. The number of carbonyl (C=O) groups is 2. The number of rotatable bonds is 5. The normalized spacial score (nSPS) is 14.1. The van der Waals surface area contributed by atoms with E-state index in [1.54, 1.807) is 59.5 Å². The molecule has 0 atom stereocenters. The first-order valence-electron chi connectivity index (χ1n) is 11.9. The van der Waals surface area contributed by atoms with Gasteiger partial charge < -0.3 is 10.4 Å². The van der Waals surface area contributed by atoms with Crippen LogP contribution in [0.3, 0.4) is 0 Å². The smallest absolute Gasteiger partial charge is 0.282 e. The van der Waals surface area contributed by atoms with E-state index in [9.17, 15) is 14.7 Å². The van der Waals surface area contributed by atoms with Crippen molar-refractivity contribution in [3.05, 3.63) is 131 Å². The van der Waals surface area contributed by atoms with Gasteiger partial charge in [-0.05, 0) is 73.0 Å². The summed E-state index contributed by atoms with van der Waals surface area (Å²) in [7, 11) is 0. The molecule has 0 aliphatic carbocycles. The van der Waals surface area contributed by atoms with Gasteiger partial charge in [-0.2, -0.15) is 0 Å². The zero-order chi connectivity index (χ0) is 25.9. The van der Waals surface area contributed by atoms with Gasteiger partial charge in [0.2, 0.25) is 0 Å². The predicted octanol–water partition coefficient (Wildman–Crippen LogP) is 6.10. The maximum absolute atomic E-state index is 13.5. The highest BCUT2D eigenvalue weighted by atomic mass is 16.3. The van der Waals surface area contributed by atoms with E-state index in [2.05, 4.69) is 10.3 Å². The average molecular weight is 488 g/mol. The number of hydrogen-bond acceptors (Lipinski definition) is 4. The number of anilines is 2. The number of benzene rings is 4. The maximum atomic E-state index is 13.5. The van der Waals surface area contributed by atoms with E-state index in [-0.39, 0.29) is 23.3 Å². The largest absolute Gasteiger partial charge is 0.508 e. The van der Waals surface area contributed by atoms with Crippen LogP contribution in [0, 0.1) is 13.8 Å². The van der Waals surface area contributed by atoms with Gasteiger partial charge in [-0.25, -0.2) is 4.99 Å². The summed E-state index contributed by atoms with van der Waals surface area (Å²) < 4.78 is 0. The lowest BCUT2D eigenvalue weighted by atomic mass is 10.1. The van der Waals surface area contributed by atoms with Gasteiger partial charge in [-0.3, -0.25) is 14.5 Å². The van der Waals surface area contributed by atoms with Gasteiger partial charge in [0.15, 0.2) is 0 Å². The Bertz CT molecular complexity index is 1520. The van der Waals surface area contributed by atoms with E-state index in [1.165, 1.54) is 0 Å². The molecule has 1 aliphatic heterocycles. The van der Waals surface area contributed by atoms with Crippen LogP contribution in [0.2, 0.25) is 0 Å². The van der Waals surface area contributed by atoms with E-state index in [0.717, 1.165) is 27.9 Å². The molecular weight excluding hydrogens is 462 g/mol. The number of phenols is 1. The Balaban J connectivity index is 1.46. The minimum atomic E-state index is -0.278. The van der Waals surface area contributed by atoms with Crippen molar-refractivity contribution in [2.45, 2.75) is 13.8 Å². The molecule has 0 spiro atoms. The molecule has 5 rings (SSSR count). The molecule has 6 heteroatoms. The highest BCUT2D eigenvalue weighted by Crippen LogP contribution is 2.29. The van der Waals surface area contributed by atoms with Crippen LogP contribution >= 0.6 is 0 Å². The van der Waals surface area contributed by atoms with Crippen LogP contribution in [0.15, 0.2) is 108 Å². The second-order valence-corrected chi connectivity index (χ2v) is 8.83. The molecular formula is C31H25N3O3. The Morgan fingerprint density at radius 1 is 0.838 bits per heavy atom. The molecule has 0 fully saturated rings. The van der Waals surface area contributed by atoms with Gasteiger partial charge in [-0.15, -0.1) is 0 Å². The molecule has 4 aromatic carbocycles. The number of hydrogen-bond donors (Lipinski definition) is 2. The average Bonchev–Trinajstić information content (AvgIpc) is 3.23. The first-order valence-corrected chi connectivity index (χ1v) is 11.9. The predicted molar refractivity (Wildman–Crippen MR) is 147 cm³/mol. The third kappa shape index (κ3) is 4.90. The third-order valence-corrected chi connectivity index (χ3v) is 6.20. The standard InChI is InChI=1S/C31H25N3O3/c1-20-7-6-8-21(2)28(20)33-30(36)24-13-15-25(16-14-24)34-29(23-9-4-3-5-10-23)32-27(31(34)37)19-22-11-17-26(35)18-12-22/h3-19,35H,1-2H3,(H,33,36)/b27-19-. The molecule has 4 aromatic rings. The Morgan fingerprint density at radius 2 is 1.49 bits per heavy atom. The van der Waals surface area contributed by atoms with Crippen LogP contribution in [0.4, 0.5) is 11.4 Å². The van der Waals surface area contributed by atoms with Gasteiger partial charge in [0.1, 0.15) is 17.3 Å². The van der Waals surface area contributed by atoms with E-state index < -0.39 is 0 Å². The van der Waals surface area contributed by atoms with Crippen molar-refractivity contribution < 1.29 is 14.7 Å². The number of nitrogens with zero attached hydrogens (tertiary/aromatic N) is 2. The highest BCUT2D eigenvalue weighted by Gasteiger charge is 2.32. The zero-order valence-electron chi connectivity index (χ0n) is 20.5. The molecule has 1 heterocycles. The van der Waals surface area contributed by atoms with Crippen molar-refractivity contribution in [2.24, 2.45) is 4.99 Å². The Kier molecular flexibility index (Phi) is 6.39. The molecule has 0 saturated carbocycles. The Morgan fingerprint density at radius 3 is 2.14 bits per heavy atom. The summed E-state index contributed by atoms with van der Waals surface area (Å²) in [5, 5.41) is 12.6. The van der Waals surface area contributed by atoms with Crippen molar-refractivity contribution in [2.75, 3.05) is 10.2 Å². The quantitative estimate of drug-likeness (QED) is 0.334. The number of para-hydroxylation sites is 1. The first kappa shape index (κ1) is 23.8. The fourth-order valence-corrected chi connectivity index (χ4v) is 4.22. The molecule has 0 radical (unpaired) electrons. The number of carbonyl (C=O) groups excluding carboxylic acids is 2. The Labute approximate surface area is 215 Å². The van der Waals surface area contributed by atoms with Crippen LogP contribution in [0.25, 0.3) is 6.08 Å². The molecule has 6 nitrogen and oxygen atoms in total. The maximum Gasteiger partial charge on any atom is 0.282 e. The van der Waals surface area contributed by atoms with Crippen molar-refractivity contribution in [1.29, 1.82) is 0 Å². The van der Waals surface area contributed by atoms with Crippen molar-refractivity contribution in [1.82, 2.24) is 0 Å². The van der Waals surface area contributed by atoms with E-state index >= 15 is 0 Å². The lowest BCUT2D eigenvalue weighted by molar-refractivity contribution is -0.113. The van der Waals surface area contributed by atoms with Crippen LogP contribution in [-0.4, -0.2) is 22.8 Å². The number of nitrogens with one attached hydrogen (secondary N) is 1. The lowest BCUT2D eigenvalue weighted by Gasteiger charge is -2.19. The van der Waals surface area contributed by atoms with Gasteiger partial charge in [0.25, 0.3) is 11.8 Å². The summed E-state index contributed by atoms with van der Waals surface area (Å²) >= 11 is 0. The zero-order valence-corrected chi connectivity index (χ0v) is 20.5. The summed E-state index contributed by atoms with van der Waals surface area (Å²) in [6.45, 7) is 3.91. The monoisotopic (exact) mass is 487 g/mol. The van der Waals surface area contributed by atoms with E-state index in [4.69, 9.17) is 0 Å². The molecule has 0 saturated heterocycles. The van der Waals surface area contributed by atoms with Gasteiger partial charge in [0.05, 0.1) is 5.69 Å². The summed E-state index contributed by atoms with van der Waals surface area (Å²) in [6.07, 6.45) is 1.69. The summed E-state index contributed by atoms with van der Waals surface area (Å²) in [4.78, 5) is 32.7. The van der Waals surface area contributed by atoms with E-state index in [0.29, 0.717) is 17.1 Å². The van der Waals surface area contributed by atoms with Crippen LogP contribution in [0.5, 0.6) is 5.75 Å². The summed E-state index contributed by atoms with van der Waals surface area (Å²) in [6, 6.07) is 28.8. The van der Waals surface area contributed by atoms with Crippen molar-refractivity contribution in [3.8, 4) is 5.75 Å². The molecule has 0 unspecified atom stereocenters. The second kappa shape index (κ2) is 9.95. The first-order chi connectivity index (χ1) is 17.9. The topological polar surface area (TPSA) is 82.0 Å². The van der Waals surface area contributed by atoms with Gasteiger partial charge in [-0.1, -0.05) is 60.7 Å². The minimum Gasteiger partial charge on any atom is -0.508 e. The second-order valence-electron chi connectivity index (χ2n) is 8.83. The SMILES string of the molecule is Cc1cccc(C)c1NC(=O)c1ccc(N2C(=O)/C(=C/c3ccc(O)cc3)N=C2c2ccccc2)cc1. The molecule has 37 heavy (non-hydrogen) atoms. The number of amides is 2. The number of aryl methyl sites for hydroxylation is 2. The molecule has 0 aromatic heterocycles. The van der Waals surface area contributed by atoms with Gasteiger partial charge in [0, 0.05) is 16.8 Å². The molecule has 2 N–H and O–H groups in total. The van der Waals surface area contributed by atoms with Crippen molar-refractivity contribution >= 4 is 35.1 Å². The molecule has 2 amide bonds.